The van der Waals surface area contributed by atoms with Crippen LogP contribution in [-0.4, -0.2) is 48.1 Å². The Labute approximate surface area is 183 Å². The number of nitrogens with zero attached hydrogens (tertiary/aromatic N) is 2. The van der Waals surface area contributed by atoms with E-state index in [1.54, 1.807) is 0 Å². The minimum atomic E-state index is 0. The predicted octanol–water partition coefficient (Wildman–Crippen LogP) is 3.86. The second kappa shape index (κ2) is 12.4. The van der Waals surface area contributed by atoms with Crippen molar-refractivity contribution in [2.24, 2.45) is 5.73 Å². The van der Waals surface area contributed by atoms with E-state index in [2.05, 4.69) is 17.1 Å². The van der Waals surface area contributed by atoms with Crippen LogP contribution in [0.25, 0.3) is 0 Å². The molecule has 1 aliphatic rings. The first kappa shape index (κ1) is 24.9. The van der Waals surface area contributed by atoms with Crippen LogP contribution in [-0.2, 0) is 11.2 Å². The van der Waals surface area contributed by atoms with Crippen LogP contribution in [0.4, 0.5) is 0 Å². The summed E-state index contributed by atoms with van der Waals surface area (Å²) >= 11 is 1.53. The lowest BCUT2D eigenvalue weighted by Crippen LogP contribution is -2.41. The molecule has 0 atom stereocenters. The molecule has 2 aromatic rings. The normalized spacial score (nSPS) is 14.3. The number of rotatable bonds is 7. The summed E-state index contributed by atoms with van der Waals surface area (Å²) < 4.78 is 5.82. The molecule has 1 amide bonds. The maximum atomic E-state index is 12.9. The average Bonchev–Trinajstić information content (AvgIpc) is 3.03. The predicted molar refractivity (Wildman–Crippen MR) is 119 cm³/mol. The van der Waals surface area contributed by atoms with E-state index >= 15 is 0 Å². The van der Waals surface area contributed by atoms with Gasteiger partial charge in [-0.3, -0.25) is 4.79 Å². The van der Waals surface area contributed by atoms with Gasteiger partial charge in [-0.25, -0.2) is 4.98 Å². The number of hydrogen-bond donors (Lipinski definition) is 1. The molecule has 5 nitrogen and oxygen atoms in total. The van der Waals surface area contributed by atoms with Gasteiger partial charge in [0.25, 0.3) is 5.91 Å². The molecule has 0 bridgehead atoms. The Bertz CT molecular complexity index is 719. The van der Waals surface area contributed by atoms with E-state index in [9.17, 15) is 4.79 Å². The molecule has 0 spiro atoms. The van der Waals surface area contributed by atoms with Crippen LogP contribution in [0, 0.1) is 6.92 Å². The summed E-state index contributed by atoms with van der Waals surface area (Å²) in [6, 6.07) is 10.2. The highest BCUT2D eigenvalue weighted by Crippen LogP contribution is 2.24. The van der Waals surface area contributed by atoms with E-state index in [0.717, 1.165) is 54.4 Å². The largest absolute Gasteiger partial charge is 0.378 e. The highest BCUT2D eigenvalue weighted by molar-refractivity contribution is 7.13. The van der Waals surface area contributed by atoms with Crippen molar-refractivity contribution in [1.29, 1.82) is 0 Å². The number of aryl methyl sites for hydroxylation is 1. The van der Waals surface area contributed by atoms with Gasteiger partial charge in [0.1, 0.15) is 4.88 Å². The molecule has 28 heavy (non-hydrogen) atoms. The molecule has 0 saturated carbocycles. The van der Waals surface area contributed by atoms with Crippen LogP contribution in [0.2, 0.25) is 0 Å². The second-order valence-electron chi connectivity index (χ2n) is 6.69. The van der Waals surface area contributed by atoms with Gasteiger partial charge in [-0.1, -0.05) is 30.3 Å². The Morgan fingerprint density at radius 2 is 1.93 bits per heavy atom. The lowest BCUT2D eigenvalue weighted by Gasteiger charge is -2.31. The van der Waals surface area contributed by atoms with Gasteiger partial charge < -0.3 is 15.4 Å². The number of benzene rings is 1. The molecular weight excluding hydrogens is 417 g/mol. The van der Waals surface area contributed by atoms with Crippen LogP contribution in [0.5, 0.6) is 0 Å². The fraction of sp³-hybridized carbons (Fsp3) is 0.500. The molecule has 1 fully saturated rings. The number of piperidine rings is 1. The number of aromatic nitrogens is 1. The lowest BCUT2D eigenvalue weighted by molar-refractivity contribution is 0.00855. The molecule has 1 saturated heterocycles. The molecule has 2 N–H and O–H groups in total. The van der Waals surface area contributed by atoms with Crippen LogP contribution in [0.3, 0.4) is 0 Å². The smallest absolute Gasteiger partial charge is 0.265 e. The highest BCUT2D eigenvalue weighted by Gasteiger charge is 2.26. The third-order valence-electron chi connectivity index (χ3n) is 4.66. The molecular formula is C20H29Cl2N3O2S. The Kier molecular flexibility index (Phi) is 11.0. The van der Waals surface area contributed by atoms with Gasteiger partial charge in [-0.05, 0) is 38.3 Å². The minimum absolute atomic E-state index is 0. The highest BCUT2D eigenvalue weighted by atomic mass is 35.5. The van der Waals surface area contributed by atoms with Gasteiger partial charge in [0.15, 0.2) is 0 Å². The first-order chi connectivity index (χ1) is 12.7. The van der Waals surface area contributed by atoms with Crippen molar-refractivity contribution in [2.45, 2.75) is 38.7 Å². The zero-order chi connectivity index (χ0) is 18.4. The van der Waals surface area contributed by atoms with Crippen molar-refractivity contribution in [3.05, 3.63) is 51.5 Å². The van der Waals surface area contributed by atoms with Gasteiger partial charge in [0, 0.05) is 26.1 Å². The summed E-state index contributed by atoms with van der Waals surface area (Å²) in [6.45, 7) is 4.80. The first-order valence-corrected chi connectivity index (χ1v) is 10.1. The number of ether oxygens (including phenoxy) is 1. The van der Waals surface area contributed by atoms with Crippen molar-refractivity contribution in [2.75, 3.05) is 26.2 Å². The molecule has 1 aromatic heterocycles. The van der Waals surface area contributed by atoms with Gasteiger partial charge in [-0.15, -0.1) is 36.2 Å². The lowest BCUT2D eigenvalue weighted by atomic mass is 10.1. The second-order valence-corrected chi connectivity index (χ2v) is 7.77. The van der Waals surface area contributed by atoms with E-state index < -0.39 is 0 Å². The molecule has 2 heterocycles. The summed E-state index contributed by atoms with van der Waals surface area (Å²) in [5.41, 5.74) is 7.56. The molecule has 1 aromatic carbocycles. The summed E-state index contributed by atoms with van der Waals surface area (Å²) in [5, 5.41) is 0.997. The minimum Gasteiger partial charge on any atom is -0.378 e. The molecule has 0 radical (unpaired) electrons. The Hall–Kier alpha value is -1.18. The third kappa shape index (κ3) is 6.71. The van der Waals surface area contributed by atoms with Crippen LogP contribution in [0.1, 0.15) is 45.2 Å². The van der Waals surface area contributed by atoms with Crippen molar-refractivity contribution in [3.63, 3.8) is 0 Å². The van der Waals surface area contributed by atoms with Crippen molar-refractivity contribution < 1.29 is 9.53 Å². The zero-order valence-corrected chi connectivity index (χ0v) is 18.6. The summed E-state index contributed by atoms with van der Waals surface area (Å²) in [4.78, 5) is 20.2. The van der Waals surface area contributed by atoms with Crippen molar-refractivity contribution >= 4 is 42.1 Å². The Morgan fingerprint density at radius 1 is 1.25 bits per heavy atom. The monoisotopic (exact) mass is 445 g/mol. The molecule has 3 rings (SSSR count). The zero-order valence-electron chi connectivity index (χ0n) is 16.1. The van der Waals surface area contributed by atoms with Gasteiger partial charge in [0.05, 0.1) is 16.8 Å². The number of carbonyl (C=O) groups excluding carboxylic acids is 1. The third-order valence-corrected chi connectivity index (χ3v) is 5.81. The number of carbonyl (C=O) groups is 1. The number of hydrogen-bond acceptors (Lipinski definition) is 5. The quantitative estimate of drug-likeness (QED) is 0.656. The first-order valence-electron chi connectivity index (χ1n) is 9.28. The maximum Gasteiger partial charge on any atom is 0.265 e. The summed E-state index contributed by atoms with van der Waals surface area (Å²) in [7, 11) is 0. The van der Waals surface area contributed by atoms with E-state index in [1.165, 1.54) is 16.9 Å². The molecule has 8 heteroatoms. The van der Waals surface area contributed by atoms with E-state index in [0.29, 0.717) is 13.2 Å². The molecule has 1 aliphatic heterocycles. The fourth-order valence-corrected chi connectivity index (χ4v) is 4.27. The number of thiazole rings is 1. The van der Waals surface area contributed by atoms with Crippen molar-refractivity contribution in [1.82, 2.24) is 9.88 Å². The van der Waals surface area contributed by atoms with E-state index in [4.69, 9.17) is 10.5 Å². The molecule has 0 aliphatic carbocycles. The van der Waals surface area contributed by atoms with Crippen LogP contribution in [0.15, 0.2) is 30.3 Å². The number of amides is 1. The number of likely N-dealkylation sites (tertiary alicyclic amines) is 1. The topological polar surface area (TPSA) is 68.5 Å². The van der Waals surface area contributed by atoms with Gasteiger partial charge in [-0.2, -0.15) is 0 Å². The number of halogens is 2. The standard InChI is InChI=1S/C20H27N3O2S.2ClH/c1-15-19(26-18(22-15)14-16-6-3-2-4-7-16)20(24)23-11-8-17(9-12-23)25-13-5-10-21;;/h2-4,6-7,17H,5,8-14,21H2,1H3;2*1H. The SMILES string of the molecule is Cc1nc(Cc2ccccc2)sc1C(=O)N1CCC(OCCCN)CC1.Cl.Cl. The molecule has 156 valence electrons. The summed E-state index contributed by atoms with van der Waals surface area (Å²) in [5.74, 6) is 0.111. The van der Waals surface area contributed by atoms with Crippen LogP contribution >= 0.6 is 36.2 Å². The van der Waals surface area contributed by atoms with Gasteiger partial charge >= 0.3 is 0 Å². The molecule has 0 unspecified atom stereocenters. The van der Waals surface area contributed by atoms with E-state index in [-0.39, 0.29) is 36.8 Å². The average molecular weight is 446 g/mol. The summed E-state index contributed by atoms with van der Waals surface area (Å²) in [6.07, 6.45) is 3.71. The fourth-order valence-electron chi connectivity index (χ4n) is 3.20. The van der Waals surface area contributed by atoms with Crippen LogP contribution < -0.4 is 5.73 Å². The van der Waals surface area contributed by atoms with Crippen molar-refractivity contribution in [3.8, 4) is 0 Å². The Balaban J connectivity index is 0.00000196. The maximum absolute atomic E-state index is 12.9. The van der Waals surface area contributed by atoms with Gasteiger partial charge in [0.2, 0.25) is 0 Å². The number of nitrogens with two attached hydrogens (primary N) is 1. The Morgan fingerprint density at radius 3 is 2.57 bits per heavy atom. The van der Waals surface area contributed by atoms with E-state index in [1.807, 2.05) is 30.0 Å².